The zero-order chi connectivity index (χ0) is 16.5. The molecule has 4 heteroatoms. The van der Waals surface area contributed by atoms with Gasteiger partial charge in [-0.1, -0.05) is 66.8 Å². The SMILES string of the molecule is O=c1c2ccccc2c(=S)n(-c2ccccc2)n1-c1ccccc1. The van der Waals surface area contributed by atoms with Gasteiger partial charge in [-0.25, -0.2) is 9.36 Å². The Morgan fingerprint density at radius 2 is 1.04 bits per heavy atom. The molecule has 4 aromatic rings. The molecule has 24 heavy (non-hydrogen) atoms. The normalized spacial score (nSPS) is 10.8. The molecule has 0 fully saturated rings. The average molecular weight is 330 g/mol. The Balaban J connectivity index is 2.23. The molecule has 4 rings (SSSR count). The van der Waals surface area contributed by atoms with Gasteiger partial charge in [0.1, 0.15) is 4.64 Å². The lowest BCUT2D eigenvalue weighted by molar-refractivity contribution is 0.690. The van der Waals surface area contributed by atoms with Crippen LogP contribution in [0.3, 0.4) is 0 Å². The summed E-state index contributed by atoms with van der Waals surface area (Å²) in [6, 6.07) is 26.8. The average Bonchev–Trinajstić information content (AvgIpc) is 2.66. The summed E-state index contributed by atoms with van der Waals surface area (Å²) in [5.74, 6) is 0. The Morgan fingerprint density at radius 1 is 0.583 bits per heavy atom. The minimum atomic E-state index is -0.0887. The van der Waals surface area contributed by atoms with Crippen molar-refractivity contribution in [3.63, 3.8) is 0 Å². The highest BCUT2D eigenvalue weighted by atomic mass is 32.1. The van der Waals surface area contributed by atoms with Crippen molar-refractivity contribution in [3.05, 3.63) is 99.9 Å². The molecule has 0 spiro atoms. The highest BCUT2D eigenvalue weighted by Crippen LogP contribution is 2.18. The summed E-state index contributed by atoms with van der Waals surface area (Å²) in [7, 11) is 0. The summed E-state index contributed by atoms with van der Waals surface area (Å²) in [6.07, 6.45) is 0. The van der Waals surface area contributed by atoms with Crippen molar-refractivity contribution < 1.29 is 0 Å². The first kappa shape index (κ1) is 14.6. The van der Waals surface area contributed by atoms with E-state index in [0.29, 0.717) is 10.0 Å². The van der Waals surface area contributed by atoms with Gasteiger partial charge in [-0.05, 0) is 30.3 Å². The van der Waals surface area contributed by atoms with Crippen molar-refractivity contribution in [3.8, 4) is 11.4 Å². The lowest BCUT2D eigenvalue weighted by atomic mass is 10.2. The third-order valence-corrected chi connectivity index (χ3v) is 4.37. The molecule has 0 aliphatic heterocycles. The number of fused-ring (bicyclic) bond motifs is 1. The number of para-hydroxylation sites is 2. The molecule has 0 aliphatic rings. The van der Waals surface area contributed by atoms with Crippen molar-refractivity contribution in [1.29, 1.82) is 0 Å². The van der Waals surface area contributed by atoms with Gasteiger partial charge in [-0.15, -0.1) is 0 Å². The third-order valence-electron chi connectivity index (χ3n) is 3.97. The second-order valence-corrected chi connectivity index (χ2v) is 5.84. The van der Waals surface area contributed by atoms with E-state index in [1.807, 2.05) is 84.9 Å². The van der Waals surface area contributed by atoms with Crippen LogP contribution in [-0.2, 0) is 0 Å². The Kier molecular flexibility index (Phi) is 3.59. The van der Waals surface area contributed by atoms with Crippen molar-refractivity contribution in [1.82, 2.24) is 9.36 Å². The van der Waals surface area contributed by atoms with Crippen molar-refractivity contribution in [2.24, 2.45) is 0 Å². The van der Waals surface area contributed by atoms with Crippen LogP contribution < -0.4 is 5.56 Å². The summed E-state index contributed by atoms with van der Waals surface area (Å²) >= 11 is 5.73. The number of hydrogen-bond acceptors (Lipinski definition) is 2. The van der Waals surface area contributed by atoms with Crippen LogP contribution >= 0.6 is 12.2 Å². The molecule has 3 aromatic carbocycles. The zero-order valence-corrected chi connectivity index (χ0v) is 13.6. The van der Waals surface area contributed by atoms with Crippen LogP contribution in [0.15, 0.2) is 89.7 Å². The molecule has 1 heterocycles. The predicted octanol–water partition coefficient (Wildman–Crippen LogP) is 4.51. The van der Waals surface area contributed by atoms with Gasteiger partial charge < -0.3 is 0 Å². The van der Waals surface area contributed by atoms with Crippen LogP contribution in [0.25, 0.3) is 22.1 Å². The summed E-state index contributed by atoms with van der Waals surface area (Å²) in [4.78, 5) is 13.2. The molecule has 0 radical (unpaired) electrons. The van der Waals surface area contributed by atoms with E-state index in [4.69, 9.17) is 12.2 Å². The van der Waals surface area contributed by atoms with E-state index in [9.17, 15) is 4.79 Å². The first-order valence-electron chi connectivity index (χ1n) is 7.65. The Labute approximate surface area is 144 Å². The monoisotopic (exact) mass is 330 g/mol. The van der Waals surface area contributed by atoms with Gasteiger partial charge in [0.05, 0.1) is 16.8 Å². The van der Waals surface area contributed by atoms with Gasteiger partial charge in [-0.2, -0.15) is 0 Å². The molecule has 116 valence electrons. The molecule has 0 bridgehead atoms. The van der Waals surface area contributed by atoms with Gasteiger partial charge in [0.15, 0.2) is 0 Å². The second-order valence-electron chi connectivity index (χ2n) is 5.45. The Hall–Kier alpha value is -2.98. The number of benzene rings is 3. The molecule has 0 atom stereocenters. The van der Waals surface area contributed by atoms with Crippen LogP contribution in [0.1, 0.15) is 0 Å². The van der Waals surface area contributed by atoms with Crippen LogP contribution in [-0.4, -0.2) is 9.36 Å². The fourth-order valence-electron chi connectivity index (χ4n) is 2.87. The van der Waals surface area contributed by atoms with Gasteiger partial charge in [0, 0.05) is 5.39 Å². The summed E-state index contributed by atoms with van der Waals surface area (Å²) in [5, 5.41) is 1.41. The van der Waals surface area contributed by atoms with Crippen LogP contribution in [0, 0.1) is 4.64 Å². The fraction of sp³-hybridized carbons (Fsp3) is 0. The summed E-state index contributed by atoms with van der Waals surface area (Å²) in [6.45, 7) is 0. The number of nitrogens with zero attached hydrogens (tertiary/aromatic N) is 2. The van der Waals surface area contributed by atoms with E-state index in [1.54, 1.807) is 9.36 Å². The van der Waals surface area contributed by atoms with E-state index in [-0.39, 0.29) is 5.56 Å². The van der Waals surface area contributed by atoms with E-state index in [2.05, 4.69) is 0 Å². The quantitative estimate of drug-likeness (QED) is 0.506. The third kappa shape index (κ3) is 2.28. The molecule has 0 N–H and O–H groups in total. The largest absolute Gasteiger partial charge is 0.278 e. The molecule has 0 saturated heterocycles. The molecule has 0 aliphatic carbocycles. The van der Waals surface area contributed by atoms with Crippen molar-refractivity contribution in [2.45, 2.75) is 0 Å². The maximum absolute atomic E-state index is 13.2. The molecule has 1 aromatic heterocycles. The maximum atomic E-state index is 13.2. The predicted molar refractivity (Wildman–Crippen MR) is 99.7 cm³/mol. The smallest absolute Gasteiger partial charge is 0.267 e. The van der Waals surface area contributed by atoms with E-state index >= 15 is 0 Å². The molecule has 3 nitrogen and oxygen atoms in total. The topological polar surface area (TPSA) is 26.9 Å². The summed E-state index contributed by atoms with van der Waals surface area (Å²) in [5.41, 5.74) is 1.55. The van der Waals surface area contributed by atoms with Crippen LogP contribution in [0.2, 0.25) is 0 Å². The number of rotatable bonds is 2. The Morgan fingerprint density at radius 3 is 1.62 bits per heavy atom. The van der Waals surface area contributed by atoms with Gasteiger partial charge >= 0.3 is 0 Å². The first-order chi connectivity index (χ1) is 11.8. The lowest BCUT2D eigenvalue weighted by Gasteiger charge is -2.18. The second kappa shape index (κ2) is 5.91. The lowest BCUT2D eigenvalue weighted by Crippen LogP contribution is -2.28. The highest BCUT2D eigenvalue weighted by molar-refractivity contribution is 7.71. The van der Waals surface area contributed by atoms with E-state index in [0.717, 1.165) is 16.8 Å². The highest BCUT2D eigenvalue weighted by Gasteiger charge is 2.13. The van der Waals surface area contributed by atoms with Crippen molar-refractivity contribution >= 4 is 23.0 Å². The van der Waals surface area contributed by atoms with Crippen molar-refractivity contribution in [2.75, 3.05) is 0 Å². The molecular formula is C20H14N2OS. The van der Waals surface area contributed by atoms with E-state index in [1.165, 1.54) is 0 Å². The first-order valence-corrected chi connectivity index (χ1v) is 8.06. The molecule has 0 saturated carbocycles. The van der Waals surface area contributed by atoms with Gasteiger partial charge in [-0.3, -0.25) is 4.79 Å². The standard InChI is InChI=1S/C20H14N2OS/c23-19-17-13-7-8-14-18(17)20(24)22(16-11-5-2-6-12-16)21(19)15-9-3-1-4-10-15/h1-14H. The maximum Gasteiger partial charge on any atom is 0.278 e. The minimum Gasteiger partial charge on any atom is -0.267 e. The fourth-order valence-corrected chi connectivity index (χ4v) is 3.23. The van der Waals surface area contributed by atoms with Gasteiger partial charge in [0.25, 0.3) is 5.56 Å². The molecule has 0 unspecified atom stereocenters. The van der Waals surface area contributed by atoms with Crippen LogP contribution in [0.5, 0.6) is 0 Å². The minimum absolute atomic E-state index is 0.0887. The Bertz CT molecular complexity index is 1040. The molecular weight excluding hydrogens is 316 g/mol. The van der Waals surface area contributed by atoms with Gasteiger partial charge in [0.2, 0.25) is 0 Å². The van der Waals surface area contributed by atoms with E-state index < -0.39 is 0 Å². The zero-order valence-electron chi connectivity index (χ0n) is 12.8. The number of hydrogen-bond donors (Lipinski definition) is 0. The summed E-state index contributed by atoms with van der Waals surface area (Å²) < 4.78 is 4.05. The molecule has 0 amide bonds. The van der Waals surface area contributed by atoms with Crippen LogP contribution in [0.4, 0.5) is 0 Å². The number of aromatic nitrogens is 2.